The summed E-state index contributed by atoms with van der Waals surface area (Å²) in [6.07, 6.45) is 0. The van der Waals surface area contributed by atoms with E-state index < -0.39 is 7.12 Å². The van der Waals surface area contributed by atoms with E-state index in [-0.39, 0.29) is 0 Å². The normalized spacial score (nSPS) is 12.8. The summed E-state index contributed by atoms with van der Waals surface area (Å²) < 4.78 is 12.5. The number of ether oxygens (including phenoxy) is 2. The van der Waals surface area contributed by atoms with E-state index in [1.807, 2.05) is 72.8 Å². The summed E-state index contributed by atoms with van der Waals surface area (Å²) in [6.45, 7) is 0. The van der Waals surface area contributed by atoms with E-state index in [4.69, 9.17) is 9.47 Å². The number of rotatable bonds is 2. The van der Waals surface area contributed by atoms with Crippen molar-refractivity contribution in [3.63, 3.8) is 0 Å². The van der Waals surface area contributed by atoms with Crippen LogP contribution in [0.4, 0.5) is 17.1 Å². The van der Waals surface area contributed by atoms with Gasteiger partial charge in [-0.05, 0) is 53.0 Å². The van der Waals surface area contributed by atoms with Crippen LogP contribution in [0, 0.1) is 0 Å². The minimum atomic E-state index is -1.49. The van der Waals surface area contributed by atoms with Crippen molar-refractivity contribution < 1.29 is 19.5 Å². The Kier molecular flexibility index (Phi) is 3.65. The molecule has 0 saturated carbocycles. The molecule has 0 spiro atoms. The number of fused-ring (bicyclic) bond motifs is 4. The molecule has 6 heteroatoms. The van der Waals surface area contributed by atoms with Crippen LogP contribution in [0.5, 0.6) is 23.0 Å². The molecule has 0 fully saturated rings. The lowest BCUT2D eigenvalue weighted by Crippen LogP contribution is -2.29. The van der Waals surface area contributed by atoms with E-state index in [0.29, 0.717) is 17.0 Å². The lowest BCUT2D eigenvalue weighted by atomic mass is 9.80. The Hall–Kier alpha value is -3.74. The van der Waals surface area contributed by atoms with Crippen LogP contribution < -0.4 is 19.8 Å². The van der Waals surface area contributed by atoms with Gasteiger partial charge >= 0.3 is 7.12 Å². The molecule has 2 aliphatic heterocycles. The fourth-order valence-electron chi connectivity index (χ4n) is 4.04. The number of hydrogen-bond acceptors (Lipinski definition) is 5. The highest BCUT2D eigenvalue weighted by Gasteiger charge is 2.34. The molecular formula is C24H16BNO4. The predicted molar refractivity (Wildman–Crippen MR) is 117 cm³/mol. The van der Waals surface area contributed by atoms with Crippen molar-refractivity contribution in [3.8, 4) is 34.1 Å². The van der Waals surface area contributed by atoms with Crippen molar-refractivity contribution in [2.24, 2.45) is 0 Å². The third kappa shape index (κ3) is 2.51. The van der Waals surface area contributed by atoms with Crippen LogP contribution in [0.25, 0.3) is 11.1 Å². The van der Waals surface area contributed by atoms with E-state index in [1.165, 1.54) is 0 Å². The van der Waals surface area contributed by atoms with Gasteiger partial charge in [0, 0.05) is 0 Å². The summed E-state index contributed by atoms with van der Waals surface area (Å²) >= 11 is 0. The molecule has 2 heterocycles. The first-order chi connectivity index (χ1) is 14.7. The SMILES string of the molecule is OB(O)c1ccc(-c2cc3c4c(c2)Oc2ccccc2N4c2ccccc2O3)cc1. The molecule has 0 unspecified atom stereocenters. The molecule has 0 bridgehead atoms. The smallest absolute Gasteiger partial charge is 0.453 e. The maximum absolute atomic E-state index is 9.36. The van der Waals surface area contributed by atoms with E-state index in [9.17, 15) is 10.0 Å². The molecule has 2 N–H and O–H groups in total. The van der Waals surface area contributed by atoms with Gasteiger partial charge in [-0.25, -0.2) is 0 Å². The number of benzene rings is 4. The van der Waals surface area contributed by atoms with Gasteiger partial charge in [0.25, 0.3) is 0 Å². The van der Waals surface area contributed by atoms with Crippen molar-refractivity contribution in [1.82, 2.24) is 0 Å². The molecule has 144 valence electrons. The Morgan fingerprint density at radius 1 is 0.600 bits per heavy atom. The van der Waals surface area contributed by atoms with Gasteiger partial charge in [0.05, 0.1) is 11.4 Å². The Balaban J connectivity index is 1.55. The van der Waals surface area contributed by atoms with Crippen molar-refractivity contribution in [2.45, 2.75) is 0 Å². The monoisotopic (exact) mass is 393 g/mol. The molecule has 4 aromatic carbocycles. The van der Waals surface area contributed by atoms with E-state index in [0.717, 1.165) is 39.7 Å². The fourth-order valence-corrected chi connectivity index (χ4v) is 4.04. The second kappa shape index (κ2) is 6.39. The summed E-state index contributed by atoms with van der Waals surface area (Å²) in [5.74, 6) is 2.98. The van der Waals surface area contributed by atoms with Crippen LogP contribution in [0.3, 0.4) is 0 Å². The van der Waals surface area contributed by atoms with Gasteiger partial charge < -0.3 is 19.5 Å². The molecule has 0 amide bonds. The highest BCUT2D eigenvalue weighted by atomic mass is 16.5. The molecule has 4 aromatic rings. The minimum Gasteiger partial charge on any atom is -0.453 e. The van der Waals surface area contributed by atoms with Crippen molar-refractivity contribution in [2.75, 3.05) is 4.90 Å². The highest BCUT2D eigenvalue weighted by Crippen LogP contribution is 2.60. The molecule has 0 aliphatic carbocycles. The lowest BCUT2D eigenvalue weighted by molar-refractivity contribution is 0.426. The van der Waals surface area contributed by atoms with Gasteiger partial charge in [-0.2, -0.15) is 0 Å². The number of hydrogen-bond donors (Lipinski definition) is 2. The van der Waals surface area contributed by atoms with Crippen LogP contribution >= 0.6 is 0 Å². The van der Waals surface area contributed by atoms with Gasteiger partial charge in [-0.3, -0.25) is 4.90 Å². The van der Waals surface area contributed by atoms with Gasteiger partial charge in [0.2, 0.25) is 0 Å². The zero-order chi connectivity index (χ0) is 20.2. The maximum Gasteiger partial charge on any atom is 0.488 e. The van der Waals surface area contributed by atoms with Gasteiger partial charge in [-0.15, -0.1) is 0 Å². The Morgan fingerprint density at radius 3 is 1.67 bits per heavy atom. The third-order valence-electron chi connectivity index (χ3n) is 5.46. The first kappa shape index (κ1) is 17.2. The standard InChI is InChI=1S/C24H16BNO4/c27-25(28)17-11-9-15(10-12-17)16-13-22-24-23(14-16)30-21-8-4-2-6-19(21)26(24)18-5-1-3-7-20(18)29-22/h1-14,27-28H. The van der Waals surface area contributed by atoms with Gasteiger partial charge in [0.1, 0.15) is 5.69 Å². The topological polar surface area (TPSA) is 62.2 Å². The second-order valence-electron chi connectivity index (χ2n) is 7.29. The summed E-state index contributed by atoms with van der Waals surface area (Å²) in [5.41, 5.74) is 5.10. The maximum atomic E-state index is 9.36. The van der Waals surface area contributed by atoms with E-state index in [1.54, 1.807) is 12.1 Å². The summed E-state index contributed by atoms with van der Waals surface area (Å²) in [6, 6.07) is 27.0. The number of nitrogens with zero attached hydrogens (tertiary/aromatic N) is 1. The zero-order valence-corrected chi connectivity index (χ0v) is 15.8. The molecule has 5 nitrogen and oxygen atoms in total. The zero-order valence-electron chi connectivity index (χ0n) is 15.8. The Bertz CT molecular complexity index is 1220. The van der Waals surface area contributed by atoms with Crippen LogP contribution in [0.15, 0.2) is 84.9 Å². The van der Waals surface area contributed by atoms with Crippen LogP contribution in [-0.4, -0.2) is 17.2 Å². The fraction of sp³-hybridized carbons (Fsp3) is 0. The molecule has 0 radical (unpaired) electrons. The molecule has 0 aromatic heterocycles. The molecular weight excluding hydrogens is 377 g/mol. The van der Waals surface area contributed by atoms with Crippen LogP contribution in [-0.2, 0) is 0 Å². The molecule has 0 atom stereocenters. The number of para-hydroxylation sites is 4. The second-order valence-corrected chi connectivity index (χ2v) is 7.29. The summed E-state index contributed by atoms with van der Waals surface area (Å²) in [5, 5.41) is 18.7. The minimum absolute atomic E-state index is 0.444. The molecule has 0 saturated heterocycles. The average Bonchev–Trinajstić information content (AvgIpc) is 2.78. The van der Waals surface area contributed by atoms with Crippen molar-refractivity contribution in [3.05, 3.63) is 84.9 Å². The summed E-state index contributed by atoms with van der Waals surface area (Å²) in [7, 11) is -1.49. The first-order valence-corrected chi connectivity index (χ1v) is 9.67. The Morgan fingerprint density at radius 2 is 1.13 bits per heavy atom. The lowest BCUT2D eigenvalue weighted by Gasteiger charge is -2.38. The summed E-state index contributed by atoms with van der Waals surface area (Å²) in [4.78, 5) is 2.18. The van der Waals surface area contributed by atoms with Crippen molar-refractivity contribution in [1.29, 1.82) is 0 Å². The highest BCUT2D eigenvalue weighted by molar-refractivity contribution is 6.58. The molecule has 6 rings (SSSR count). The predicted octanol–water partition coefficient (Wildman–Crippen LogP) is 4.71. The first-order valence-electron chi connectivity index (χ1n) is 9.67. The van der Waals surface area contributed by atoms with Gasteiger partial charge in [0.15, 0.2) is 23.0 Å². The molecule has 2 aliphatic rings. The largest absolute Gasteiger partial charge is 0.488 e. The van der Waals surface area contributed by atoms with Crippen molar-refractivity contribution >= 4 is 29.6 Å². The number of anilines is 3. The van der Waals surface area contributed by atoms with Crippen LogP contribution in [0.1, 0.15) is 0 Å². The quantitative estimate of drug-likeness (QED) is 0.417. The van der Waals surface area contributed by atoms with E-state index in [2.05, 4.69) is 4.90 Å². The van der Waals surface area contributed by atoms with E-state index >= 15 is 0 Å². The van der Waals surface area contributed by atoms with Crippen LogP contribution in [0.2, 0.25) is 0 Å². The molecule has 30 heavy (non-hydrogen) atoms. The third-order valence-corrected chi connectivity index (χ3v) is 5.46. The Labute approximate surface area is 173 Å². The average molecular weight is 393 g/mol. The van der Waals surface area contributed by atoms with Gasteiger partial charge in [-0.1, -0.05) is 48.5 Å².